The van der Waals surface area contributed by atoms with Crippen LogP contribution >= 0.6 is 0 Å². The topological polar surface area (TPSA) is 58.6 Å². The van der Waals surface area contributed by atoms with Gasteiger partial charge in [-0.05, 0) is 39.0 Å². The van der Waals surface area contributed by atoms with E-state index < -0.39 is 10.8 Å². The largest absolute Gasteiger partial charge is 0.378 e. The molecule has 1 N–H and O–H groups in total. The molecule has 1 saturated carbocycles. The molecule has 1 aliphatic carbocycles. The third kappa shape index (κ3) is 3.73. The lowest BCUT2D eigenvalue weighted by Gasteiger charge is -2.55. The third-order valence-corrected chi connectivity index (χ3v) is 7.37. The zero-order chi connectivity index (χ0) is 17.0. The van der Waals surface area contributed by atoms with Gasteiger partial charge in [0.2, 0.25) is 0 Å². The molecule has 1 heterocycles. The minimum absolute atomic E-state index is 0.00825. The van der Waals surface area contributed by atoms with Gasteiger partial charge >= 0.3 is 6.03 Å². The van der Waals surface area contributed by atoms with Crippen LogP contribution in [-0.4, -0.2) is 58.5 Å². The maximum absolute atomic E-state index is 12.6. The minimum Gasteiger partial charge on any atom is -0.378 e. The summed E-state index contributed by atoms with van der Waals surface area (Å²) in [5.74, 6) is 1.43. The van der Waals surface area contributed by atoms with E-state index in [1.165, 1.54) is 0 Å². The Hall–Kier alpha value is -0.620. The van der Waals surface area contributed by atoms with Crippen molar-refractivity contribution in [3.05, 3.63) is 0 Å². The van der Waals surface area contributed by atoms with Crippen molar-refractivity contribution in [3.63, 3.8) is 0 Å². The van der Waals surface area contributed by atoms with Gasteiger partial charge in [0.05, 0.1) is 6.10 Å². The fourth-order valence-electron chi connectivity index (χ4n) is 4.17. The van der Waals surface area contributed by atoms with Crippen molar-refractivity contribution in [2.45, 2.75) is 71.1 Å². The van der Waals surface area contributed by atoms with Crippen molar-refractivity contribution in [3.8, 4) is 0 Å². The molecule has 1 saturated heterocycles. The zero-order valence-electron chi connectivity index (χ0n) is 15.0. The average Bonchev–Trinajstić information content (AvgIpc) is 2.55. The van der Waals surface area contributed by atoms with Crippen LogP contribution in [0.2, 0.25) is 0 Å². The number of hydrogen-bond acceptors (Lipinski definition) is 3. The molecule has 2 amide bonds. The van der Waals surface area contributed by atoms with Gasteiger partial charge in [0, 0.05) is 53.5 Å². The first kappa shape index (κ1) is 18.7. The molecule has 0 bridgehead atoms. The highest BCUT2D eigenvalue weighted by Crippen LogP contribution is 2.48. The predicted molar refractivity (Wildman–Crippen MR) is 94.0 cm³/mol. The fraction of sp³-hybridized carbons (Fsp3) is 0.941. The normalized spacial score (nSPS) is 32.9. The highest BCUT2D eigenvalue weighted by atomic mass is 32.2. The number of carbonyl (C=O) groups excluding carboxylic acids is 1. The summed E-state index contributed by atoms with van der Waals surface area (Å²) in [6, 6.07) is 0.420. The Morgan fingerprint density at radius 3 is 2.39 bits per heavy atom. The second kappa shape index (κ2) is 7.97. The van der Waals surface area contributed by atoms with Crippen LogP contribution in [-0.2, 0) is 15.5 Å². The number of urea groups is 1. The first-order valence-electron chi connectivity index (χ1n) is 8.98. The SMILES string of the molecule is CCO[C@@H]1C[C@H](NC(=O)N(C)C2CCS(=O)CC2)C1(CC)CC. The van der Waals surface area contributed by atoms with Crippen LogP contribution in [0.3, 0.4) is 0 Å². The van der Waals surface area contributed by atoms with E-state index in [0.29, 0.717) is 11.5 Å². The lowest BCUT2D eigenvalue weighted by atomic mass is 9.58. The van der Waals surface area contributed by atoms with Crippen LogP contribution < -0.4 is 5.32 Å². The first-order chi connectivity index (χ1) is 11.0. The molecule has 5 nitrogen and oxygen atoms in total. The van der Waals surface area contributed by atoms with Crippen LogP contribution in [0.15, 0.2) is 0 Å². The van der Waals surface area contributed by atoms with Crippen LogP contribution in [0.5, 0.6) is 0 Å². The Balaban J connectivity index is 1.93. The molecule has 2 aliphatic rings. The number of hydrogen-bond donors (Lipinski definition) is 1. The summed E-state index contributed by atoms with van der Waals surface area (Å²) in [7, 11) is 1.18. The van der Waals surface area contributed by atoms with Crippen molar-refractivity contribution in [2.75, 3.05) is 25.2 Å². The van der Waals surface area contributed by atoms with Crippen molar-refractivity contribution >= 4 is 16.8 Å². The molecule has 0 aromatic carbocycles. The van der Waals surface area contributed by atoms with E-state index in [4.69, 9.17) is 4.74 Å². The van der Waals surface area contributed by atoms with Gasteiger partial charge < -0.3 is 15.0 Å². The summed E-state index contributed by atoms with van der Waals surface area (Å²) < 4.78 is 17.4. The molecule has 1 aliphatic heterocycles. The summed E-state index contributed by atoms with van der Waals surface area (Å²) in [5, 5.41) is 3.24. The Kier molecular flexibility index (Phi) is 6.48. The Bertz CT molecular complexity index is 430. The van der Waals surface area contributed by atoms with Crippen molar-refractivity contribution in [2.24, 2.45) is 5.41 Å². The summed E-state index contributed by atoms with van der Waals surface area (Å²) in [4.78, 5) is 14.4. The van der Waals surface area contributed by atoms with E-state index in [1.54, 1.807) is 0 Å². The van der Waals surface area contributed by atoms with Crippen LogP contribution in [0, 0.1) is 5.41 Å². The summed E-state index contributed by atoms with van der Waals surface area (Å²) >= 11 is 0. The second-order valence-electron chi connectivity index (χ2n) is 6.81. The lowest BCUT2D eigenvalue weighted by Crippen LogP contribution is -2.66. The number of nitrogens with zero attached hydrogens (tertiary/aromatic N) is 1. The fourth-order valence-corrected chi connectivity index (χ4v) is 5.44. The first-order valence-corrected chi connectivity index (χ1v) is 10.5. The number of carbonyl (C=O) groups is 1. The van der Waals surface area contributed by atoms with E-state index >= 15 is 0 Å². The summed E-state index contributed by atoms with van der Waals surface area (Å²) in [6.07, 6.45) is 4.89. The van der Waals surface area contributed by atoms with Crippen molar-refractivity contribution in [1.29, 1.82) is 0 Å². The van der Waals surface area contributed by atoms with Gasteiger partial charge in [0.15, 0.2) is 0 Å². The smallest absolute Gasteiger partial charge is 0.317 e. The molecular formula is C17H32N2O3S. The molecule has 2 fully saturated rings. The molecule has 0 spiro atoms. The van der Waals surface area contributed by atoms with E-state index in [2.05, 4.69) is 19.2 Å². The maximum atomic E-state index is 12.6. The van der Waals surface area contributed by atoms with Crippen molar-refractivity contribution < 1.29 is 13.7 Å². The maximum Gasteiger partial charge on any atom is 0.317 e. The number of rotatable bonds is 6. The molecule has 0 radical (unpaired) electrons. The van der Waals surface area contributed by atoms with Gasteiger partial charge in [-0.1, -0.05) is 13.8 Å². The number of ether oxygens (including phenoxy) is 1. The molecule has 0 aromatic heterocycles. The van der Waals surface area contributed by atoms with Gasteiger partial charge in [-0.3, -0.25) is 4.21 Å². The van der Waals surface area contributed by atoms with Crippen LogP contribution in [0.25, 0.3) is 0 Å². The van der Waals surface area contributed by atoms with Gasteiger partial charge in [0.1, 0.15) is 0 Å². The van der Waals surface area contributed by atoms with Crippen molar-refractivity contribution in [1.82, 2.24) is 10.2 Å². The minimum atomic E-state index is -0.689. The van der Waals surface area contributed by atoms with E-state index in [1.807, 2.05) is 18.9 Å². The van der Waals surface area contributed by atoms with E-state index in [0.717, 1.165) is 38.7 Å². The predicted octanol–water partition coefficient (Wildman–Crippen LogP) is 2.52. The van der Waals surface area contributed by atoms with Gasteiger partial charge in [-0.15, -0.1) is 0 Å². The molecule has 2 atom stereocenters. The third-order valence-electron chi connectivity index (χ3n) is 5.99. The number of amides is 2. The molecule has 0 unspecified atom stereocenters. The average molecular weight is 345 g/mol. The quantitative estimate of drug-likeness (QED) is 0.805. The van der Waals surface area contributed by atoms with Gasteiger partial charge in [-0.2, -0.15) is 0 Å². The Labute approximate surface area is 143 Å². The van der Waals surface area contributed by atoms with Gasteiger partial charge in [0.25, 0.3) is 0 Å². The van der Waals surface area contributed by atoms with E-state index in [9.17, 15) is 9.00 Å². The molecule has 23 heavy (non-hydrogen) atoms. The highest BCUT2D eigenvalue weighted by Gasteiger charge is 2.54. The Morgan fingerprint density at radius 2 is 1.87 bits per heavy atom. The standard InChI is InChI=1S/C17H32N2O3S/c1-5-17(6-2)14(12-15(17)22-7-3)18-16(20)19(4)13-8-10-23(21)11-9-13/h13-15H,5-12H2,1-4H3,(H,18,20)/t13?,14-,15+,23?/m0/s1. The second-order valence-corrected chi connectivity index (χ2v) is 8.51. The van der Waals surface area contributed by atoms with E-state index in [-0.39, 0.29) is 29.6 Å². The molecule has 0 aromatic rings. The zero-order valence-corrected chi connectivity index (χ0v) is 15.8. The number of nitrogens with one attached hydrogen (secondary N) is 1. The van der Waals surface area contributed by atoms with Crippen LogP contribution in [0.1, 0.15) is 52.9 Å². The highest BCUT2D eigenvalue weighted by molar-refractivity contribution is 7.85. The Morgan fingerprint density at radius 1 is 1.26 bits per heavy atom. The molecule has 134 valence electrons. The molecule has 6 heteroatoms. The summed E-state index contributed by atoms with van der Waals surface area (Å²) in [6.45, 7) is 7.14. The molecular weight excluding hydrogens is 312 g/mol. The lowest BCUT2D eigenvalue weighted by molar-refractivity contribution is -0.134. The monoisotopic (exact) mass is 344 g/mol. The molecule has 2 rings (SSSR count). The summed E-state index contributed by atoms with van der Waals surface area (Å²) in [5.41, 5.74) is 0.0700. The van der Waals surface area contributed by atoms with Crippen LogP contribution in [0.4, 0.5) is 4.79 Å². The van der Waals surface area contributed by atoms with Gasteiger partial charge in [-0.25, -0.2) is 4.79 Å².